The number of nitrogens with zero attached hydrogens (tertiary/aromatic N) is 1. The number of carbonyl (C=O) groups excluding carboxylic acids is 1. The maximum Gasteiger partial charge on any atom is 0.265 e. The van der Waals surface area contributed by atoms with Crippen LogP contribution in [0.3, 0.4) is 0 Å². The van der Waals surface area contributed by atoms with Crippen LogP contribution in [0.2, 0.25) is 0 Å². The lowest BCUT2D eigenvalue weighted by Crippen LogP contribution is -2.22. The van der Waals surface area contributed by atoms with Crippen molar-refractivity contribution in [3.8, 4) is 23.0 Å². The molecule has 6 nitrogen and oxygen atoms in total. The highest BCUT2D eigenvalue weighted by molar-refractivity contribution is 8.26. The molecule has 158 valence electrons. The Morgan fingerprint density at radius 2 is 1.67 bits per heavy atom. The van der Waals surface area contributed by atoms with Crippen molar-refractivity contribution in [2.24, 2.45) is 0 Å². The van der Waals surface area contributed by atoms with Gasteiger partial charge in [0.1, 0.15) is 15.8 Å². The fourth-order valence-electron chi connectivity index (χ4n) is 2.69. The summed E-state index contributed by atoms with van der Waals surface area (Å²) >= 11 is 6.45. The number of methoxy groups -OCH3 is 2. The summed E-state index contributed by atoms with van der Waals surface area (Å²) in [5.74, 6) is 2.73. The molecule has 0 bridgehead atoms. The van der Waals surface area contributed by atoms with Crippen LogP contribution in [-0.4, -0.2) is 49.6 Å². The van der Waals surface area contributed by atoms with Crippen molar-refractivity contribution < 1.29 is 23.7 Å². The van der Waals surface area contributed by atoms with Crippen molar-refractivity contribution in [3.05, 3.63) is 52.9 Å². The Morgan fingerprint density at radius 3 is 2.30 bits per heavy atom. The highest BCUT2D eigenvalue weighted by atomic mass is 32.2. The average molecular weight is 446 g/mol. The quantitative estimate of drug-likeness (QED) is 0.322. The molecule has 1 amide bonds. The van der Waals surface area contributed by atoms with E-state index in [1.54, 1.807) is 27.3 Å². The molecule has 2 aromatic rings. The van der Waals surface area contributed by atoms with Gasteiger partial charge in [0.25, 0.3) is 5.91 Å². The molecule has 0 aromatic heterocycles. The highest BCUT2D eigenvalue weighted by Crippen LogP contribution is 2.34. The van der Waals surface area contributed by atoms with Gasteiger partial charge in [0.05, 0.1) is 32.3 Å². The van der Waals surface area contributed by atoms with E-state index in [1.165, 1.54) is 16.7 Å². The number of hydrogen-bond donors (Lipinski definition) is 0. The first-order chi connectivity index (χ1) is 14.5. The summed E-state index contributed by atoms with van der Waals surface area (Å²) in [7, 11) is 4.89. The number of ether oxygens (including phenoxy) is 4. The molecule has 8 heteroatoms. The van der Waals surface area contributed by atoms with Gasteiger partial charge in [0.15, 0.2) is 11.5 Å². The molecule has 0 atom stereocenters. The molecule has 2 aromatic carbocycles. The number of rotatable bonds is 9. The second-order valence-electron chi connectivity index (χ2n) is 6.38. The molecule has 1 heterocycles. The smallest absolute Gasteiger partial charge is 0.265 e. The third-order valence-electron chi connectivity index (χ3n) is 4.35. The molecule has 3 rings (SSSR count). The zero-order valence-electron chi connectivity index (χ0n) is 17.0. The van der Waals surface area contributed by atoms with Crippen molar-refractivity contribution in [2.45, 2.75) is 6.42 Å². The highest BCUT2D eigenvalue weighted by Gasteiger charge is 2.28. The van der Waals surface area contributed by atoms with Gasteiger partial charge in [-0.25, -0.2) is 0 Å². The number of amides is 1. The molecule has 0 spiro atoms. The second kappa shape index (κ2) is 10.4. The molecule has 1 saturated heterocycles. The van der Waals surface area contributed by atoms with Gasteiger partial charge in [-0.2, -0.15) is 0 Å². The van der Waals surface area contributed by atoms with Crippen molar-refractivity contribution in [2.75, 3.05) is 34.5 Å². The van der Waals surface area contributed by atoms with Crippen molar-refractivity contribution in [1.29, 1.82) is 0 Å². The number of likely N-dealkylation sites (N-methyl/N-ethyl adjacent to an activating group) is 1. The Kier molecular flexibility index (Phi) is 7.59. The standard InChI is InChI=1S/C22H23NO5S2/c1-23-21(24)20(30-22(23)29)14-15-5-10-18(19(13-15)26-3)28-12-4-11-27-17-8-6-16(25-2)7-9-17/h5-10,13-14H,4,11-12H2,1-3H3/b20-14+. The Balaban J connectivity index is 1.52. The van der Waals surface area contributed by atoms with Gasteiger partial charge in [-0.1, -0.05) is 30.0 Å². The summed E-state index contributed by atoms with van der Waals surface area (Å²) in [6, 6.07) is 13.0. The maximum atomic E-state index is 12.2. The molecule has 1 aliphatic rings. The summed E-state index contributed by atoms with van der Waals surface area (Å²) < 4.78 is 22.7. The first-order valence-electron chi connectivity index (χ1n) is 9.31. The molecular formula is C22H23NO5S2. The fraction of sp³-hybridized carbons (Fsp3) is 0.273. The predicted octanol–water partition coefficient (Wildman–Crippen LogP) is 4.38. The molecule has 0 unspecified atom stereocenters. The Hall–Kier alpha value is -2.71. The largest absolute Gasteiger partial charge is 0.497 e. The van der Waals surface area contributed by atoms with Crippen molar-refractivity contribution >= 4 is 40.3 Å². The van der Waals surface area contributed by atoms with Gasteiger partial charge in [0.2, 0.25) is 0 Å². The molecule has 0 radical (unpaired) electrons. The zero-order valence-corrected chi connectivity index (χ0v) is 18.7. The SMILES string of the molecule is COc1ccc(OCCCOc2ccc(/C=C3/SC(=S)N(C)C3=O)cc2OC)cc1. The minimum absolute atomic E-state index is 0.0962. The molecule has 0 N–H and O–H groups in total. The summed E-state index contributed by atoms with van der Waals surface area (Å²) in [5.41, 5.74) is 0.844. The van der Waals surface area contributed by atoms with Crippen LogP contribution in [0.5, 0.6) is 23.0 Å². The number of benzene rings is 2. The summed E-state index contributed by atoms with van der Waals surface area (Å²) in [4.78, 5) is 14.2. The Labute approximate surface area is 185 Å². The minimum atomic E-state index is -0.0962. The van der Waals surface area contributed by atoms with Crippen LogP contribution < -0.4 is 18.9 Å². The van der Waals surface area contributed by atoms with Crippen LogP contribution in [0.25, 0.3) is 6.08 Å². The van der Waals surface area contributed by atoms with Crippen molar-refractivity contribution in [3.63, 3.8) is 0 Å². The van der Waals surface area contributed by atoms with E-state index in [0.717, 1.165) is 23.5 Å². The summed E-state index contributed by atoms with van der Waals surface area (Å²) in [6.07, 6.45) is 2.52. The fourth-order valence-corrected chi connectivity index (χ4v) is 3.87. The van der Waals surface area contributed by atoms with E-state index in [2.05, 4.69) is 0 Å². The van der Waals surface area contributed by atoms with E-state index in [1.807, 2.05) is 42.5 Å². The number of carbonyl (C=O) groups is 1. The van der Waals surface area contributed by atoms with E-state index in [9.17, 15) is 4.79 Å². The van der Waals surface area contributed by atoms with Crippen LogP contribution in [0.1, 0.15) is 12.0 Å². The number of thioether (sulfide) groups is 1. The summed E-state index contributed by atoms with van der Waals surface area (Å²) in [6.45, 7) is 1.02. The van der Waals surface area contributed by atoms with Crippen LogP contribution in [0, 0.1) is 0 Å². The third kappa shape index (κ3) is 5.46. The van der Waals surface area contributed by atoms with E-state index in [4.69, 9.17) is 31.2 Å². The molecule has 30 heavy (non-hydrogen) atoms. The van der Waals surface area contributed by atoms with Crippen LogP contribution in [0.15, 0.2) is 47.4 Å². The summed E-state index contributed by atoms with van der Waals surface area (Å²) in [5, 5.41) is 0. The van der Waals surface area contributed by atoms with Crippen molar-refractivity contribution in [1.82, 2.24) is 4.90 Å². The molecule has 0 saturated carbocycles. The minimum Gasteiger partial charge on any atom is -0.497 e. The van der Waals surface area contributed by atoms with Gasteiger partial charge < -0.3 is 18.9 Å². The average Bonchev–Trinajstić information content (AvgIpc) is 3.01. The lowest BCUT2D eigenvalue weighted by atomic mass is 10.2. The van der Waals surface area contributed by atoms with Crippen LogP contribution in [-0.2, 0) is 4.79 Å². The van der Waals surface area contributed by atoms with E-state index < -0.39 is 0 Å². The first-order valence-corrected chi connectivity index (χ1v) is 10.5. The van der Waals surface area contributed by atoms with Gasteiger partial charge >= 0.3 is 0 Å². The molecule has 1 aliphatic heterocycles. The normalized spacial score (nSPS) is 14.9. The van der Waals surface area contributed by atoms with Crippen LogP contribution >= 0.6 is 24.0 Å². The molecule has 1 fully saturated rings. The zero-order chi connectivity index (χ0) is 21.5. The Bertz CT molecular complexity index is 943. The first kappa shape index (κ1) is 22.0. The van der Waals surface area contributed by atoms with Gasteiger partial charge in [-0.3, -0.25) is 9.69 Å². The lowest BCUT2D eigenvalue weighted by Gasteiger charge is -2.12. The topological polar surface area (TPSA) is 57.2 Å². The second-order valence-corrected chi connectivity index (χ2v) is 8.05. The number of thiocarbonyl (C=S) groups is 1. The lowest BCUT2D eigenvalue weighted by molar-refractivity contribution is -0.121. The monoisotopic (exact) mass is 445 g/mol. The predicted molar refractivity (Wildman–Crippen MR) is 123 cm³/mol. The number of hydrogen-bond acceptors (Lipinski definition) is 7. The van der Waals surface area contributed by atoms with Gasteiger partial charge in [-0.05, 0) is 48.0 Å². The van der Waals surface area contributed by atoms with Crippen LogP contribution in [0.4, 0.5) is 0 Å². The molecule has 0 aliphatic carbocycles. The maximum absolute atomic E-state index is 12.2. The Morgan fingerprint density at radius 1 is 0.967 bits per heavy atom. The molecular weight excluding hydrogens is 422 g/mol. The van der Waals surface area contributed by atoms with Gasteiger partial charge in [0, 0.05) is 13.5 Å². The third-order valence-corrected chi connectivity index (χ3v) is 5.83. The van der Waals surface area contributed by atoms with E-state index in [-0.39, 0.29) is 5.91 Å². The van der Waals surface area contributed by atoms with E-state index >= 15 is 0 Å². The van der Waals surface area contributed by atoms with Gasteiger partial charge in [-0.15, -0.1) is 0 Å². The van der Waals surface area contributed by atoms with E-state index in [0.29, 0.717) is 33.9 Å².